The SMILES string of the molecule is CC(C)(C)C1=C2CCCC[C@H]2O[C@@H]2CCC=C12. The minimum absolute atomic E-state index is 0.281. The molecule has 1 heteroatoms. The summed E-state index contributed by atoms with van der Waals surface area (Å²) in [5.74, 6) is 0. The van der Waals surface area contributed by atoms with Crippen molar-refractivity contribution < 1.29 is 4.74 Å². The largest absolute Gasteiger partial charge is 0.366 e. The molecular weight excluding hydrogens is 208 g/mol. The summed E-state index contributed by atoms with van der Waals surface area (Å²) in [5.41, 5.74) is 5.10. The fourth-order valence-electron chi connectivity index (χ4n) is 3.80. The van der Waals surface area contributed by atoms with Crippen LogP contribution in [0, 0.1) is 5.41 Å². The molecule has 1 aliphatic heterocycles. The van der Waals surface area contributed by atoms with Crippen LogP contribution in [0.5, 0.6) is 0 Å². The highest BCUT2D eigenvalue weighted by atomic mass is 16.5. The molecule has 17 heavy (non-hydrogen) atoms. The Bertz CT molecular complexity index is 381. The van der Waals surface area contributed by atoms with E-state index in [0.29, 0.717) is 12.2 Å². The third kappa shape index (κ3) is 1.89. The van der Waals surface area contributed by atoms with E-state index in [1.54, 1.807) is 11.1 Å². The quantitative estimate of drug-likeness (QED) is 0.602. The lowest BCUT2D eigenvalue weighted by molar-refractivity contribution is 0.00502. The van der Waals surface area contributed by atoms with E-state index in [9.17, 15) is 0 Å². The van der Waals surface area contributed by atoms with Gasteiger partial charge in [-0.1, -0.05) is 33.3 Å². The first-order valence-electron chi connectivity index (χ1n) is 7.17. The molecule has 0 aromatic carbocycles. The minimum Gasteiger partial charge on any atom is -0.366 e. The Hall–Kier alpha value is -0.560. The summed E-state index contributed by atoms with van der Waals surface area (Å²) in [7, 11) is 0. The zero-order chi connectivity index (χ0) is 12.0. The van der Waals surface area contributed by atoms with Crippen LogP contribution < -0.4 is 0 Å². The summed E-state index contributed by atoms with van der Waals surface area (Å²) in [6.07, 6.45) is 10.9. The maximum absolute atomic E-state index is 6.31. The molecule has 2 aliphatic carbocycles. The van der Waals surface area contributed by atoms with Gasteiger partial charge in [-0.2, -0.15) is 0 Å². The Morgan fingerprint density at radius 3 is 2.71 bits per heavy atom. The van der Waals surface area contributed by atoms with Crippen molar-refractivity contribution in [3.63, 3.8) is 0 Å². The third-order valence-electron chi connectivity index (χ3n) is 4.38. The van der Waals surface area contributed by atoms with Crippen LogP contribution >= 0.6 is 0 Å². The van der Waals surface area contributed by atoms with Gasteiger partial charge in [-0.25, -0.2) is 0 Å². The number of ether oxygens (including phenoxy) is 1. The van der Waals surface area contributed by atoms with Crippen LogP contribution in [0.2, 0.25) is 0 Å². The Morgan fingerprint density at radius 1 is 1.12 bits per heavy atom. The van der Waals surface area contributed by atoms with Crippen LogP contribution in [0.1, 0.15) is 59.3 Å². The molecule has 3 rings (SSSR count). The summed E-state index contributed by atoms with van der Waals surface area (Å²) in [6, 6.07) is 0. The van der Waals surface area contributed by atoms with Crippen LogP contribution in [0.25, 0.3) is 0 Å². The summed E-state index contributed by atoms with van der Waals surface area (Å²) in [4.78, 5) is 0. The maximum Gasteiger partial charge on any atom is 0.0835 e. The molecule has 0 saturated heterocycles. The third-order valence-corrected chi connectivity index (χ3v) is 4.38. The zero-order valence-corrected chi connectivity index (χ0v) is 11.4. The van der Waals surface area contributed by atoms with E-state index in [1.165, 1.54) is 44.1 Å². The summed E-state index contributed by atoms with van der Waals surface area (Å²) < 4.78 is 6.31. The van der Waals surface area contributed by atoms with Gasteiger partial charge in [0.15, 0.2) is 0 Å². The van der Waals surface area contributed by atoms with Crippen molar-refractivity contribution in [3.8, 4) is 0 Å². The standard InChI is InChI=1S/C16H24O/c1-16(2,3)15-11-7-4-5-9-13(11)17-14-10-6-8-12(14)15/h8,13-14H,4-7,9-10H2,1-3H3/t13-,14-/m1/s1. The molecule has 94 valence electrons. The summed E-state index contributed by atoms with van der Waals surface area (Å²) in [6.45, 7) is 7.09. The molecule has 0 amide bonds. The van der Waals surface area contributed by atoms with Crippen LogP contribution in [0.15, 0.2) is 22.8 Å². The van der Waals surface area contributed by atoms with Crippen molar-refractivity contribution in [2.45, 2.75) is 71.5 Å². The molecule has 0 unspecified atom stereocenters. The van der Waals surface area contributed by atoms with Gasteiger partial charge >= 0.3 is 0 Å². The molecule has 1 saturated carbocycles. The van der Waals surface area contributed by atoms with E-state index in [0.717, 1.165) is 0 Å². The van der Waals surface area contributed by atoms with Crippen LogP contribution in [0.4, 0.5) is 0 Å². The lowest BCUT2D eigenvalue weighted by Gasteiger charge is -2.41. The molecular formula is C16H24O. The average molecular weight is 232 g/mol. The highest BCUT2D eigenvalue weighted by Crippen LogP contribution is 2.48. The highest BCUT2D eigenvalue weighted by Gasteiger charge is 2.39. The van der Waals surface area contributed by atoms with E-state index in [2.05, 4.69) is 26.8 Å². The van der Waals surface area contributed by atoms with Crippen molar-refractivity contribution in [1.82, 2.24) is 0 Å². The first-order valence-corrected chi connectivity index (χ1v) is 7.17. The van der Waals surface area contributed by atoms with E-state index in [-0.39, 0.29) is 5.41 Å². The predicted octanol–water partition coefficient (Wildman–Crippen LogP) is 4.39. The van der Waals surface area contributed by atoms with Crippen molar-refractivity contribution in [2.75, 3.05) is 0 Å². The van der Waals surface area contributed by atoms with Gasteiger partial charge in [0.25, 0.3) is 0 Å². The molecule has 1 nitrogen and oxygen atoms in total. The number of hydrogen-bond acceptors (Lipinski definition) is 1. The summed E-state index contributed by atoms with van der Waals surface area (Å²) >= 11 is 0. The van der Waals surface area contributed by atoms with Gasteiger partial charge in [0, 0.05) is 0 Å². The lowest BCUT2D eigenvalue weighted by Crippen LogP contribution is -2.36. The van der Waals surface area contributed by atoms with E-state index < -0.39 is 0 Å². The normalized spacial score (nSPS) is 33.2. The number of rotatable bonds is 0. The monoisotopic (exact) mass is 232 g/mol. The molecule has 0 N–H and O–H groups in total. The van der Waals surface area contributed by atoms with Gasteiger partial charge in [0.2, 0.25) is 0 Å². The maximum atomic E-state index is 6.31. The van der Waals surface area contributed by atoms with Crippen LogP contribution in [-0.4, -0.2) is 12.2 Å². The van der Waals surface area contributed by atoms with Crippen molar-refractivity contribution in [2.24, 2.45) is 5.41 Å². The highest BCUT2D eigenvalue weighted by molar-refractivity contribution is 5.47. The van der Waals surface area contributed by atoms with E-state index >= 15 is 0 Å². The molecule has 0 spiro atoms. The van der Waals surface area contributed by atoms with Crippen molar-refractivity contribution in [3.05, 3.63) is 22.8 Å². The van der Waals surface area contributed by atoms with Crippen molar-refractivity contribution >= 4 is 0 Å². The predicted molar refractivity (Wildman–Crippen MR) is 70.9 cm³/mol. The van der Waals surface area contributed by atoms with Crippen LogP contribution in [-0.2, 0) is 4.74 Å². The molecule has 0 aromatic rings. The molecule has 3 aliphatic rings. The van der Waals surface area contributed by atoms with Crippen LogP contribution in [0.3, 0.4) is 0 Å². The Morgan fingerprint density at radius 2 is 1.94 bits per heavy atom. The second-order valence-electron chi connectivity index (χ2n) is 6.75. The molecule has 0 radical (unpaired) electrons. The van der Waals surface area contributed by atoms with Gasteiger partial charge in [0.1, 0.15) is 0 Å². The number of fused-ring (bicyclic) bond motifs is 2. The molecule has 2 atom stereocenters. The zero-order valence-electron chi connectivity index (χ0n) is 11.4. The smallest absolute Gasteiger partial charge is 0.0835 e. The molecule has 1 heterocycles. The molecule has 1 fully saturated rings. The van der Waals surface area contributed by atoms with E-state index in [1.807, 2.05) is 0 Å². The fourth-order valence-corrected chi connectivity index (χ4v) is 3.80. The first kappa shape index (κ1) is 11.5. The van der Waals surface area contributed by atoms with E-state index in [4.69, 9.17) is 4.74 Å². The topological polar surface area (TPSA) is 9.23 Å². The van der Waals surface area contributed by atoms with Gasteiger partial charge in [-0.05, 0) is 54.2 Å². The Labute approximate surface area is 105 Å². The van der Waals surface area contributed by atoms with Gasteiger partial charge < -0.3 is 4.74 Å². The molecule has 0 bridgehead atoms. The van der Waals surface area contributed by atoms with Crippen molar-refractivity contribution in [1.29, 1.82) is 0 Å². The Kier molecular flexibility index (Phi) is 2.70. The van der Waals surface area contributed by atoms with Gasteiger partial charge in [0.05, 0.1) is 12.2 Å². The minimum atomic E-state index is 0.281. The fraction of sp³-hybridized carbons (Fsp3) is 0.750. The molecule has 0 aromatic heterocycles. The second kappa shape index (κ2) is 3.98. The lowest BCUT2D eigenvalue weighted by atomic mass is 9.72. The average Bonchev–Trinajstić information content (AvgIpc) is 2.71. The number of hydrogen-bond donors (Lipinski definition) is 0. The summed E-state index contributed by atoms with van der Waals surface area (Å²) in [5, 5.41) is 0. The van der Waals surface area contributed by atoms with Gasteiger partial charge in [-0.15, -0.1) is 0 Å². The van der Waals surface area contributed by atoms with Gasteiger partial charge in [-0.3, -0.25) is 0 Å². The first-order chi connectivity index (χ1) is 8.07. The number of allylic oxidation sites excluding steroid dienone is 1. The Balaban J connectivity index is 2.09. The second-order valence-corrected chi connectivity index (χ2v) is 6.75.